The molecule has 124 valence electrons. The van der Waals surface area contributed by atoms with Crippen LogP contribution in [-0.4, -0.2) is 42.7 Å². The number of nitrogens with one attached hydrogen (secondary N) is 1. The third-order valence-corrected chi connectivity index (χ3v) is 4.67. The van der Waals surface area contributed by atoms with Crippen molar-refractivity contribution in [3.05, 3.63) is 54.6 Å². The van der Waals surface area contributed by atoms with Crippen molar-refractivity contribution in [1.82, 2.24) is 4.90 Å². The molecule has 1 aliphatic heterocycles. The SMILES string of the molecule is CSc1ccccc1NC(=O)CN1CCN(c2ccccc2)C1=O. The molecule has 0 bridgehead atoms. The fraction of sp³-hybridized carbons (Fsp3) is 0.222. The molecule has 1 fully saturated rings. The lowest BCUT2D eigenvalue weighted by molar-refractivity contribution is -0.116. The van der Waals surface area contributed by atoms with Crippen LogP contribution in [0.2, 0.25) is 0 Å². The van der Waals surface area contributed by atoms with E-state index >= 15 is 0 Å². The minimum Gasteiger partial charge on any atom is -0.324 e. The first-order chi connectivity index (χ1) is 11.7. The molecule has 3 amide bonds. The Hall–Kier alpha value is -2.47. The van der Waals surface area contributed by atoms with Crippen LogP contribution in [0, 0.1) is 0 Å². The number of thioether (sulfide) groups is 1. The van der Waals surface area contributed by atoms with Gasteiger partial charge in [0.2, 0.25) is 5.91 Å². The van der Waals surface area contributed by atoms with E-state index < -0.39 is 0 Å². The number of urea groups is 1. The number of rotatable bonds is 5. The van der Waals surface area contributed by atoms with Crippen LogP contribution in [-0.2, 0) is 4.79 Å². The molecule has 0 radical (unpaired) electrons. The van der Waals surface area contributed by atoms with Crippen molar-refractivity contribution in [1.29, 1.82) is 0 Å². The first kappa shape index (κ1) is 16.4. The topological polar surface area (TPSA) is 52.7 Å². The van der Waals surface area contributed by atoms with E-state index in [0.717, 1.165) is 16.3 Å². The second kappa shape index (κ2) is 7.40. The molecule has 24 heavy (non-hydrogen) atoms. The molecule has 3 rings (SSSR count). The average molecular weight is 341 g/mol. The molecule has 1 saturated heterocycles. The van der Waals surface area contributed by atoms with Gasteiger partial charge in [0.1, 0.15) is 6.54 Å². The molecule has 1 N–H and O–H groups in total. The highest BCUT2D eigenvalue weighted by atomic mass is 32.2. The lowest BCUT2D eigenvalue weighted by Gasteiger charge is -2.18. The fourth-order valence-electron chi connectivity index (χ4n) is 2.69. The Labute approximate surface area is 145 Å². The van der Waals surface area contributed by atoms with Crippen LogP contribution in [0.3, 0.4) is 0 Å². The predicted molar refractivity (Wildman–Crippen MR) is 97.6 cm³/mol. The van der Waals surface area contributed by atoms with Gasteiger partial charge >= 0.3 is 6.03 Å². The van der Waals surface area contributed by atoms with Gasteiger partial charge in [-0.25, -0.2) is 4.79 Å². The van der Waals surface area contributed by atoms with E-state index in [1.807, 2.05) is 60.9 Å². The smallest absolute Gasteiger partial charge is 0.324 e. The first-order valence-electron chi connectivity index (χ1n) is 7.73. The van der Waals surface area contributed by atoms with E-state index in [0.29, 0.717) is 13.1 Å². The number of hydrogen-bond donors (Lipinski definition) is 1. The highest BCUT2D eigenvalue weighted by molar-refractivity contribution is 7.98. The quantitative estimate of drug-likeness (QED) is 0.849. The standard InChI is InChI=1S/C18H19N3O2S/c1-24-16-10-6-5-9-15(16)19-17(22)13-20-11-12-21(18(20)23)14-7-3-2-4-8-14/h2-10H,11-13H2,1H3,(H,19,22). The summed E-state index contributed by atoms with van der Waals surface area (Å²) < 4.78 is 0. The second-order valence-corrected chi connectivity index (χ2v) is 6.29. The lowest BCUT2D eigenvalue weighted by atomic mass is 10.3. The molecule has 0 atom stereocenters. The van der Waals surface area contributed by atoms with Crippen molar-refractivity contribution < 1.29 is 9.59 Å². The molecule has 1 aliphatic rings. The van der Waals surface area contributed by atoms with Crippen molar-refractivity contribution in [3.63, 3.8) is 0 Å². The van der Waals surface area contributed by atoms with Crippen LogP contribution in [0.15, 0.2) is 59.5 Å². The summed E-state index contributed by atoms with van der Waals surface area (Å²) >= 11 is 1.57. The van der Waals surface area contributed by atoms with E-state index in [1.54, 1.807) is 21.6 Å². The maximum absolute atomic E-state index is 12.5. The van der Waals surface area contributed by atoms with Gasteiger partial charge in [-0.1, -0.05) is 30.3 Å². The average Bonchev–Trinajstić information content (AvgIpc) is 2.97. The Morgan fingerprint density at radius 1 is 1.08 bits per heavy atom. The molecule has 0 saturated carbocycles. The maximum Gasteiger partial charge on any atom is 0.325 e. The van der Waals surface area contributed by atoms with Crippen LogP contribution in [0.1, 0.15) is 0 Å². The Morgan fingerprint density at radius 2 is 1.79 bits per heavy atom. The highest BCUT2D eigenvalue weighted by Gasteiger charge is 2.30. The first-order valence-corrected chi connectivity index (χ1v) is 8.96. The molecule has 2 aromatic carbocycles. The number of para-hydroxylation sites is 2. The van der Waals surface area contributed by atoms with Crippen molar-refractivity contribution in [2.24, 2.45) is 0 Å². The summed E-state index contributed by atoms with van der Waals surface area (Å²) in [4.78, 5) is 29.1. The molecule has 5 nitrogen and oxygen atoms in total. The third kappa shape index (κ3) is 3.54. The molecule has 2 aromatic rings. The normalized spacial score (nSPS) is 14.1. The van der Waals surface area contributed by atoms with E-state index in [-0.39, 0.29) is 18.5 Å². The van der Waals surface area contributed by atoms with Gasteiger partial charge in [-0.2, -0.15) is 0 Å². The van der Waals surface area contributed by atoms with Crippen LogP contribution >= 0.6 is 11.8 Å². The summed E-state index contributed by atoms with van der Waals surface area (Å²) in [5.74, 6) is -0.181. The number of amides is 3. The van der Waals surface area contributed by atoms with Gasteiger partial charge in [-0.3, -0.25) is 9.69 Å². The zero-order valence-electron chi connectivity index (χ0n) is 13.4. The third-order valence-electron chi connectivity index (χ3n) is 3.88. The van der Waals surface area contributed by atoms with Gasteiger partial charge in [0.15, 0.2) is 0 Å². The van der Waals surface area contributed by atoms with Gasteiger partial charge in [-0.05, 0) is 30.5 Å². The number of benzene rings is 2. The van der Waals surface area contributed by atoms with E-state index in [4.69, 9.17) is 0 Å². The van der Waals surface area contributed by atoms with Gasteiger partial charge in [0.25, 0.3) is 0 Å². The van der Waals surface area contributed by atoms with Gasteiger partial charge in [-0.15, -0.1) is 11.8 Å². The summed E-state index contributed by atoms with van der Waals surface area (Å²) in [7, 11) is 0. The van der Waals surface area contributed by atoms with Gasteiger partial charge in [0, 0.05) is 23.7 Å². The lowest BCUT2D eigenvalue weighted by Crippen LogP contribution is -2.37. The summed E-state index contributed by atoms with van der Waals surface area (Å²) in [5.41, 5.74) is 1.64. The Kier molecular flexibility index (Phi) is 5.05. The van der Waals surface area contributed by atoms with Crippen molar-refractivity contribution >= 4 is 35.1 Å². The van der Waals surface area contributed by atoms with Crippen LogP contribution < -0.4 is 10.2 Å². The monoisotopic (exact) mass is 341 g/mol. The molecule has 0 aliphatic carbocycles. The predicted octanol–water partition coefficient (Wildman–Crippen LogP) is 3.29. The minimum absolute atomic E-state index is 0.0604. The zero-order chi connectivity index (χ0) is 16.9. The van der Waals surface area contributed by atoms with Gasteiger partial charge < -0.3 is 10.2 Å². The summed E-state index contributed by atoms with van der Waals surface area (Å²) in [6.45, 7) is 1.20. The van der Waals surface area contributed by atoms with Crippen molar-refractivity contribution in [2.45, 2.75) is 4.90 Å². The second-order valence-electron chi connectivity index (χ2n) is 5.44. The van der Waals surface area contributed by atoms with E-state index in [1.165, 1.54) is 0 Å². The number of carbonyl (C=O) groups excluding carboxylic acids is 2. The molecular formula is C18H19N3O2S. The van der Waals surface area contributed by atoms with E-state index in [2.05, 4.69) is 5.32 Å². The van der Waals surface area contributed by atoms with Crippen LogP contribution in [0.4, 0.5) is 16.2 Å². The summed E-state index contributed by atoms with van der Waals surface area (Å²) in [5, 5.41) is 2.89. The van der Waals surface area contributed by atoms with E-state index in [9.17, 15) is 9.59 Å². The van der Waals surface area contributed by atoms with Gasteiger partial charge in [0.05, 0.1) is 5.69 Å². The number of anilines is 2. The Balaban J connectivity index is 1.62. The van der Waals surface area contributed by atoms with Crippen molar-refractivity contribution in [3.8, 4) is 0 Å². The zero-order valence-corrected chi connectivity index (χ0v) is 14.3. The molecular weight excluding hydrogens is 322 g/mol. The molecule has 0 aromatic heterocycles. The van der Waals surface area contributed by atoms with Crippen LogP contribution in [0.25, 0.3) is 0 Å². The van der Waals surface area contributed by atoms with Crippen LogP contribution in [0.5, 0.6) is 0 Å². The minimum atomic E-state index is -0.181. The molecule has 1 heterocycles. The maximum atomic E-state index is 12.5. The Bertz CT molecular complexity index is 736. The molecule has 6 heteroatoms. The highest BCUT2D eigenvalue weighted by Crippen LogP contribution is 2.25. The largest absolute Gasteiger partial charge is 0.325 e. The number of carbonyl (C=O) groups is 2. The molecule has 0 spiro atoms. The fourth-order valence-corrected chi connectivity index (χ4v) is 3.24. The number of hydrogen-bond acceptors (Lipinski definition) is 3. The number of nitrogens with zero attached hydrogens (tertiary/aromatic N) is 2. The van der Waals surface area contributed by atoms with Crippen molar-refractivity contribution in [2.75, 3.05) is 36.1 Å². The summed E-state index contributed by atoms with van der Waals surface area (Å²) in [6.07, 6.45) is 1.97. The Morgan fingerprint density at radius 3 is 2.54 bits per heavy atom. The molecule has 0 unspecified atom stereocenters. The summed E-state index contributed by atoms with van der Waals surface area (Å²) in [6, 6.07) is 17.0.